The molecule has 2 aliphatic rings. The van der Waals surface area contributed by atoms with Gasteiger partial charge in [0.25, 0.3) is 0 Å². The predicted molar refractivity (Wildman–Crippen MR) is 106 cm³/mol. The van der Waals surface area contributed by atoms with Gasteiger partial charge in [0, 0.05) is 12.5 Å². The number of benzene rings is 1. The van der Waals surface area contributed by atoms with Crippen molar-refractivity contribution in [2.75, 3.05) is 32.3 Å². The molecule has 1 aliphatic carbocycles. The third kappa shape index (κ3) is 3.62. The summed E-state index contributed by atoms with van der Waals surface area (Å²) in [7, 11) is 3.28. The Hall–Kier alpha value is -1.86. The number of anilines is 1. The second-order valence-electron chi connectivity index (χ2n) is 7.21. The molecular weight excluding hydrogens is 364 g/mol. The number of fused-ring (bicyclic) bond motifs is 1. The molecule has 146 valence electrons. The Bertz CT molecular complexity index is 769. The molecule has 0 N–H and O–H groups in total. The minimum atomic E-state index is 0.0890. The number of amides is 1. The fraction of sp³-hybridized carbons (Fsp3) is 0.600. The normalized spacial score (nSPS) is 20.3. The Morgan fingerprint density at radius 2 is 1.93 bits per heavy atom. The Morgan fingerprint density at radius 3 is 2.59 bits per heavy atom. The van der Waals surface area contributed by atoms with Crippen molar-refractivity contribution < 1.29 is 19.0 Å². The number of hydrogen-bond donors (Lipinski definition) is 0. The van der Waals surface area contributed by atoms with Gasteiger partial charge in [-0.15, -0.1) is 0 Å². The summed E-state index contributed by atoms with van der Waals surface area (Å²) in [5, 5.41) is 0.709. The molecule has 1 saturated carbocycles. The summed E-state index contributed by atoms with van der Waals surface area (Å²) >= 11 is 1.49. The average Bonchev–Trinajstić information content (AvgIpc) is 3.45. The van der Waals surface area contributed by atoms with Gasteiger partial charge in [-0.25, -0.2) is 4.98 Å². The number of hydrogen-bond acceptors (Lipinski definition) is 6. The number of ether oxygens (including phenoxy) is 3. The first-order chi connectivity index (χ1) is 13.2. The molecule has 2 fully saturated rings. The summed E-state index contributed by atoms with van der Waals surface area (Å²) in [6.45, 7) is 1.34. The van der Waals surface area contributed by atoms with Crippen LogP contribution in [0.15, 0.2) is 12.1 Å². The van der Waals surface area contributed by atoms with E-state index in [9.17, 15) is 4.79 Å². The van der Waals surface area contributed by atoms with Crippen LogP contribution in [0.2, 0.25) is 0 Å². The highest BCUT2D eigenvalue weighted by Crippen LogP contribution is 2.41. The fourth-order valence-electron chi connectivity index (χ4n) is 4.04. The first-order valence-electron chi connectivity index (χ1n) is 9.65. The Kier molecular flexibility index (Phi) is 5.50. The molecule has 1 aromatic carbocycles. The van der Waals surface area contributed by atoms with E-state index in [1.54, 1.807) is 14.2 Å². The number of aromatic nitrogens is 1. The Labute approximate surface area is 163 Å². The van der Waals surface area contributed by atoms with E-state index >= 15 is 0 Å². The summed E-state index contributed by atoms with van der Waals surface area (Å²) in [4.78, 5) is 19.9. The minimum absolute atomic E-state index is 0.0890. The van der Waals surface area contributed by atoms with Crippen LogP contribution in [0.25, 0.3) is 10.2 Å². The van der Waals surface area contributed by atoms with Gasteiger partial charge in [0.15, 0.2) is 5.13 Å². The molecule has 6 nitrogen and oxygen atoms in total. The zero-order chi connectivity index (χ0) is 18.8. The fourth-order valence-corrected chi connectivity index (χ4v) is 5.13. The maximum Gasteiger partial charge on any atom is 0.231 e. The second-order valence-corrected chi connectivity index (χ2v) is 8.19. The van der Waals surface area contributed by atoms with E-state index in [-0.39, 0.29) is 17.9 Å². The molecular formula is C20H26N2O4S. The van der Waals surface area contributed by atoms with Gasteiger partial charge in [0.2, 0.25) is 5.91 Å². The zero-order valence-corrected chi connectivity index (χ0v) is 16.7. The topological polar surface area (TPSA) is 60.9 Å². The van der Waals surface area contributed by atoms with E-state index in [1.807, 2.05) is 17.0 Å². The van der Waals surface area contributed by atoms with Crippen LogP contribution < -0.4 is 14.4 Å². The van der Waals surface area contributed by atoms with Gasteiger partial charge < -0.3 is 14.2 Å². The third-order valence-corrected chi connectivity index (χ3v) is 6.60. The minimum Gasteiger partial charge on any atom is -0.495 e. The lowest BCUT2D eigenvalue weighted by Crippen LogP contribution is -2.40. The molecule has 1 aromatic heterocycles. The van der Waals surface area contributed by atoms with Crippen molar-refractivity contribution in [1.29, 1.82) is 0 Å². The lowest BCUT2D eigenvalue weighted by molar-refractivity contribution is -0.122. The monoisotopic (exact) mass is 390 g/mol. The number of methoxy groups -OCH3 is 2. The van der Waals surface area contributed by atoms with Gasteiger partial charge in [0.1, 0.15) is 21.7 Å². The van der Waals surface area contributed by atoms with E-state index in [0.29, 0.717) is 17.4 Å². The van der Waals surface area contributed by atoms with Crippen LogP contribution in [0.1, 0.15) is 38.5 Å². The summed E-state index contributed by atoms with van der Waals surface area (Å²) in [5.74, 6) is 1.72. The summed E-state index contributed by atoms with van der Waals surface area (Å²) in [6.07, 6.45) is 6.34. The quantitative estimate of drug-likeness (QED) is 0.746. The molecule has 1 atom stereocenters. The van der Waals surface area contributed by atoms with Crippen LogP contribution >= 0.6 is 11.3 Å². The number of thiazole rings is 1. The van der Waals surface area contributed by atoms with Gasteiger partial charge in [-0.1, -0.05) is 24.2 Å². The predicted octanol–water partition coefficient (Wildman–Crippen LogP) is 4.02. The van der Waals surface area contributed by atoms with Crippen molar-refractivity contribution in [2.45, 2.75) is 44.6 Å². The van der Waals surface area contributed by atoms with Crippen LogP contribution in [0.4, 0.5) is 5.13 Å². The molecule has 27 heavy (non-hydrogen) atoms. The van der Waals surface area contributed by atoms with Crippen LogP contribution in [0.5, 0.6) is 11.5 Å². The zero-order valence-electron chi connectivity index (χ0n) is 15.9. The van der Waals surface area contributed by atoms with Crippen LogP contribution in [-0.4, -0.2) is 44.4 Å². The van der Waals surface area contributed by atoms with Crippen molar-refractivity contribution in [3.63, 3.8) is 0 Å². The van der Waals surface area contributed by atoms with Crippen molar-refractivity contribution in [3.8, 4) is 11.5 Å². The molecule has 1 unspecified atom stereocenters. The van der Waals surface area contributed by atoms with E-state index in [2.05, 4.69) is 0 Å². The Morgan fingerprint density at radius 1 is 1.19 bits per heavy atom. The Balaban J connectivity index is 1.72. The molecule has 1 aliphatic heterocycles. The van der Waals surface area contributed by atoms with Gasteiger partial charge in [-0.2, -0.15) is 0 Å². The summed E-state index contributed by atoms with van der Waals surface area (Å²) in [5.41, 5.74) is 0.744. The maximum absolute atomic E-state index is 13.3. The number of nitrogens with zero attached hydrogens (tertiary/aromatic N) is 2. The lowest BCUT2D eigenvalue weighted by Gasteiger charge is -2.25. The first-order valence-corrected chi connectivity index (χ1v) is 10.5. The van der Waals surface area contributed by atoms with Crippen molar-refractivity contribution in [3.05, 3.63) is 12.1 Å². The van der Waals surface area contributed by atoms with Crippen LogP contribution in [-0.2, 0) is 9.53 Å². The second kappa shape index (κ2) is 8.02. The average molecular weight is 391 g/mol. The largest absolute Gasteiger partial charge is 0.495 e. The van der Waals surface area contributed by atoms with Gasteiger partial charge in [-0.05, 0) is 37.8 Å². The highest BCUT2D eigenvalue weighted by atomic mass is 32.1. The van der Waals surface area contributed by atoms with Crippen LogP contribution in [0.3, 0.4) is 0 Å². The van der Waals surface area contributed by atoms with Crippen molar-refractivity contribution >= 4 is 32.6 Å². The first kappa shape index (κ1) is 18.5. The van der Waals surface area contributed by atoms with E-state index in [1.165, 1.54) is 11.3 Å². The molecule has 2 aromatic rings. The molecule has 1 amide bonds. The smallest absolute Gasteiger partial charge is 0.231 e. The highest BCUT2D eigenvalue weighted by molar-refractivity contribution is 7.22. The standard InChI is InChI=1S/C20H26N2O4S/c1-24-15-9-10-16(25-2)18-17(15)21-20(27-18)22(12-14-8-5-11-26-14)19(23)13-6-3-4-7-13/h9-10,13-14H,3-8,11-12H2,1-2H3. The summed E-state index contributed by atoms with van der Waals surface area (Å²) < 4.78 is 17.7. The van der Waals surface area contributed by atoms with E-state index in [0.717, 1.165) is 61.1 Å². The van der Waals surface area contributed by atoms with Gasteiger partial charge in [0.05, 0.1) is 26.9 Å². The van der Waals surface area contributed by atoms with Crippen LogP contribution in [0, 0.1) is 5.92 Å². The number of carbonyl (C=O) groups is 1. The SMILES string of the molecule is COc1ccc(OC)c2sc(N(CC3CCCO3)C(=O)C3CCCC3)nc12. The molecule has 0 bridgehead atoms. The molecule has 4 rings (SSSR count). The number of carbonyl (C=O) groups excluding carboxylic acids is 1. The summed E-state index contributed by atoms with van der Waals surface area (Å²) in [6, 6.07) is 3.74. The van der Waals surface area contributed by atoms with E-state index < -0.39 is 0 Å². The highest BCUT2D eigenvalue weighted by Gasteiger charge is 2.33. The molecule has 7 heteroatoms. The van der Waals surface area contributed by atoms with Gasteiger partial charge in [-0.3, -0.25) is 9.69 Å². The third-order valence-electron chi connectivity index (χ3n) is 5.51. The molecule has 0 spiro atoms. The molecule has 0 radical (unpaired) electrons. The van der Waals surface area contributed by atoms with Gasteiger partial charge >= 0.3 is 0 Å². The van der Waals surface area contributed by atoms with Crippen molar-refractivity contribution in [2.24, 2.45) is 5.92 Å². The van der Waals surface area contributed by atoms with Crippen molar-refractivity contribution in [1.82, 2.24) is 4.98 Å². The lowest BCUT2D eigenvalue weighted by atomic mass is 10.1. The maximum atomic E-state index is 13.3. The molecule has 2 heterocycles. The molecule has 1 saturated heterocycles. The number of rotatable bonds is 6. The van der Waals surface area contributed by atoms with E-state index in [4.69, 9.17) is 19.2 Å².